The first kappa shape index (κ1) is 13.3. The highest BCUT2D eigenvalue weighted by Crippen LogP contribution is 2.38. The van der Waals surface area contributed by atoms with Crippen molar-refractivity contribution in [2.45, 2.75) is 49.3 Å². The summed E-state index contributed by atoms with van der Waals surface area (Å²) in [6.45, 7) is 1.53. The number of ether oxygens (including phenoxy) is 2. The van der Waals surface area contributed by atoms with E-state index in [2.05, 4.69) is 34.1 Å². The zero-order valence-corrected chi connectivity index (χ0v) is 12.8. The second-order valence-electron chi connectivity index (χ2n) is 5.57. The lowest BCUT2D eigenvalue weighted by atomic mass is 9.91. The quantitative estimate of drug-likeness (QED) is 0.552. The van der Waals surface area contributed by atoms with E-state index in [4.69, 9.17) is 9.47 Å². The number of halogens is 1. The van der Waals surface area contributed by atoms with Gasteiger partial charge in [0.25, 0.3) is 0 Å². The fourth-order valence-electron chi connectivity index (χ4n) is 3.04. The zero-order chi connectivity index (χ0) is 13.1. The smallest absolute Gasteiger partial charge is 0.161 e. The molecule has 2 unspecified atom stereocenters. The van der Waals surface area contributed by atoms with E-state index in [1.807, 2.05) is 0 Å². The Morgan fingerprint density at radius 1 is 0.947 bits per heavy atom. The van der Waals surface area contributed by atoms with Gasteiger partial charge in [0.2, 0.25) is 0 Å². The number of hydrogen-bond donors (Lipinski definition) is 0. The van der Waals surface area contributed by atoms with Gasteiger partial charge in [-0.25, -0.2) is 0 Å². The molecule has 19 heavy (non-hydrogen) atoms. The summed E-state index contributed by atoms with van der Waals surface area (Å²) >= 11 is 3.81. The monoisotopic (exact) mass is 324 g/mol. The van der Waals surface area contributed by atoms with Crippen molar-refractivity contribution < 1.29 is 9.47 Å². The molecule has 2 nitrogen and oxygen atoms in total. The Kier molecular flexibility index (Phi) is 4.31. The van der Waals surface area contributed by atoms with E-state index < -0.39 is 0 Å². The highest BCUT2D eigenvalue weighted by molar-refractivity contribution is 9.09. The maximum absolute atomic E-state index is 5.80. The number of fused-ring (bicyclic) bond motifs is 1. The van der Waals surface area contributed by atoms with Gasteiger partial charge in [0.05, 0.1) is 13.2 Å². The zero-order valence-electron chi connectivity index (χ0n) is 11.2. The minimum atomic E-state index is 0.657. The van der Waals surface area contributed by atoms with Crippen molar-refractivity contribution in [3.05, 3.63) is 23.8 Å². The molecule has 0 aromatic heterocycles. The molecule has 1 heterocycles. The largest absolute Gasteiger partial charge is 0.490 e. The fourth-order valence-corrected chi connectivity index (χ4v) is 3.81. The summed E-state index contributed by atoms with van der Waals surface area (Å²) in [7, 11) is 0. The standard InChI is InChI=1S/C16H21BrO2/c17-14-5-2-1-4-12(10-14)13-6-7-15-16(11-13)19-9-3-8-18-15/h6-7,11-12,14H,1-5,8-10H2. The first-order valence-electron chi connectivity index (χ1n) is 7.36. The molecule has 3 rings (SSSR count). The lowest BCUT2D eigenvalue weighted by Gasteiger charge is -2.18. The molecule has 0 spiro atoms. The average molecular weight is 325 g/mol. The van der Waals surface area contributed by atoms with Gasteiger partial charge in [-0.05, 0) is 42.9 Å². The molecule has 2 atom stereocenters. The number of benzene rings is 1. The van der Waals surface area contributed by atoms with Crippen LogP contribution in [0.15, 0.2) is 18.2 Å². The molecule has 0 radical (unpaired) electrons. The van der Waals surface area contributed by atoms with Crippen LogP contribution in [0, 0.1) is 0 Å². The van der Waals surface area contributed by atoms with Crippen LogP contribution in [0.3, 0.4) is 0 Å². The Morgan fingerprint density at radius 2 is 1.74 bits per heavy atom. The van der Waals surface area contributed by atoms with Crippen LogP contribution in [0.4, 0.5) is 0 Å². The van der Waals surface area contributed by atoms with E-state index in [9.17, 15) is 0 Å². The van der Waals surface area contributed by atoms with Gasteiger partial charge in [-0.2, -0.15) is 0 Å². The van der Waals surface area contributed by atoms with Crippen molar-refractivity contribution in [3.8, 4) is 11.5 Å². The molecule has 1 aliphatic heterocycles. The molecule has 1 aliphatic carbocycles. The number of rotatable bonds is 1. The van der Waals surface area contributed by atoms with Crippen LogP contribution in [-0.4, -0.2) is 18.0 Å². The van der Waals surface area contributed by atoms with Crippen molar-refractivity contribution in [1.29, 1.82) is 0 Å². The van der Waals surface area contributed by atoms with Crippen molar-refractivity contribution >= 4 is 15.9 Å². The van der Waals surface area contributed by atoms with Gasteiger partial charge >= 0.3 is 0 Å². The highest BCUT2D eigenvalue weighted by Gasteiger charge is 2.21. The minimum Gasteiger partial charge on any atom is -0.490 e. The van der Waals surface area contributed by atoms with E-state index in [0.717, 1.165) is 31.1 Å². The van der Waals surface area contributed by atoms with Crippen molar-refractivity contribution in [1.82, 2.24) is 0 Å². The third-order valence-corrected chi connectivity index (χ3v) is 4.93. The number of hydrogen-bond acceptors (Lipinski definition) is 2. The molecule has 0 bridgehead atoms. The van der Waals surface area contributed by atoms with Crippen LogP contribution in [0.2, 0.25) is 0 Å². The summed E-state index contributed by atoms with van der Waals surface area (Å²) in [5.41, 5.74) is 1.41. The molecule has 1 fully saturated rings. The summed E-state index contributed by atoms with van der Waals surface area (Å²) in [5.74, 6) is 2.50. The molecule has 0 N–H and O–H groups in total. The molecular weight excluding hydrogens is 304 g/mol. The van der Waals surface area contributed by atoms with Crippen molar-refractivity contribution in [2.75, 3.05) is 13.2 Å². The van der Waals surface area contributed by atoms with E-state index in [1.54, 1.807) is 0 Å². The van der Waals surface area contributed by atoms with E-state index >= 15 is 0 Å². The van der Waals surface area contributed by atoms with E-state index in [-0.39, 0.29) is 0 Å². The Bertz CT molecular complexity index is 433. The van der Waals surface area contributed by atoms with E-state index in [0.29, 0.717) is 10.7 Å². The lowest BCUT2D eigenvalue weighted by molar-refractivity contribution is 0.297. The Labute approximate surface area is 123 Å². The van der Waals surface area contributed by atoms with Crippen LogP contribution in [0.1, 0.15) is 50.0 Å². The van der Waals surface area contributed by atoms with Crippen LogP contribution in [0.25, 0.3) is 0 Å². The summed E-state index contributed by atoms with van der Waals surface area (Å²) in [5, 5.41) is 0. The van der Waals surface area contributed by atoms with Gasteiger partial charge in [0, 0.05) is 11.2 Å². The van der Waals surface area contributed by atoms with Crippen molar-refractivity contribution in [2.24, 2.45) is 0 Å². The summed E-state index contributed by atoms with van der Waals surface area (Å²) in [6, 6.07) is 6.52. The molecule has 0 saturated heterocycles. The third-order valence-electron chi connectivity index (χ3n) is 4.10. The second-order valence-corrected chi connectivity index (χ2v) is 6.87. The summed E-state index contributed by atoms with van der Waals surface area (Å²) in [4.78, 5) is 0.663. The predicted molar refractivity (Wildman–Crippen MR) is 80.6 cm³/mol. The molecule has 104 valence electrons. The topological polar surface area (TPSA) is 18.5 Å². The van der Waals surface area contributed by atoms with Crippen molar-refractivity contribution in [3.63, 3.8) is 0 Å². The molecule has 1 aromatic carbocycles. The van der Waals surface area contributed by atoms with Gasteiger partial charge in [-0.1, -0.05) is 34.8 Å². The second kappa shape index (κ2) is 6.17. The Balaban J connectivity index is 1.82. The van der Waals surface area contributed by atoms with Gasteiger partial charge in [-0.15, -0.1) is 0 Å². The van der Waals surface area contributed by atoms with Crippen LogP contribution >= 0.6 is 15.9 Å². The lowest BCUT2D eigenvalue weighted by Crippen LogP contribution is -2.04. The highest BCUT2D eigenvalue weighted by atomic mass is 79.9. The molecule has 1 saturated carbocycles. The molecular formula is C16H21BrO2. The van der Waals surface area contributed by atoms with Crippen LogP contribution in [-0.2, 0) is 0 Å². The van der Waals surface area contributed by atoms with Crippen LogP contribution < -0.4 is 9.47 Å². The fraction of sp³-hybridized carbons (Fsp3) is 0.625. The SMILES string of the molecule is BrC1CCCCC(c2ccc3c(c2)OCCCO3)C1. The molecule has 2 aliphatic rings. The third kappa shape index (κ3) is 3.25. The van der Waals surface area contributed by atoms with Gasteiger partial charge < -0.3 is 9.47 Å². The minimum absolute atomic E-state index is 0.657. The number of alkyl halides is 1. The average Bonchev–Trinajstić information content (AvgIpc) is 2.77. The Morgan fingerprint density at radius 3 is 2.63 bits per heavy atom. The van der Waals surface area contributed by atoms with Gasteiger partial charge in [-0.3, -0.25) is 0 Å². The first-order valence-corrected chi connectivity index (χ1v) is 8.28. The molecule has 0 amide bonds. The molecule has 3 heteroatoms. The van der Waals surface area contributed by atoms with Gasteiger partial charge in [0.15, 0.2) is 11.5 Å². The summed E-state index contributed by atoms with van der Waals surface area (Å²) in [6.07, 6.45) is 7.48. The predicted octanol–water partition coefficient (Wildman–Crippen LogP) is 4.66. The van der Waals surface area contributed by atoms with Gasteiger partial charge in [0.1, 0.15) is 0 Å². The first-order chi connectivity index (χ1) is 9.33. The van der Waals surface area contributed by atoms with Crippen LogP contribution in [0.5, 0.6) is 11.5 Å². The molecule has 1 aromatic rings. The maximum Gasteiger partial charge on any atom is 0.161 e. The normalized spacial score (nSPS) is 27.4. The van der Waals surface area contributed by atoms with E-state index in [1.165, 1.54) is 37.7 Å². The maximum atomic E-state index is 5.80. The Hall–Kier alpha value is -0.700. The summed E-state index contributed by atoms with van der Waals surface area (Å²) < 4.78 is 11.5.